The standard InChI is InChI=1S/C27H38FN3O3.C2H6.2H2/c1-2-23(32)26(18-8-4-3-5-9-18)30-27(34)22-12-6-11-21(25(22)28)19-10-7-15-31(17-19)24(33)16-29-20-13-14-20;1-2;;/h6,11-12,18-20,26,29H,2-5,7-10,13-17H2,1H3,(H,30,34);1-2H3;2*1H/t19?,26-;;;/m1.../s1. The summed E-state index contributed by atoms with van der Waals surface area (Å²) in [5.74, 6) is -0.996. The fourth-order valence-corrected chi connectivity index (χ4v) is 5.50. The summed E-state index contributed by atoms with van der Waals surface area (Å²) in [6.07, 6.45) is 9.31. The summed E-state index contributed by atoms with van der Waals surface area (Å²) in [5, 5.41) is 6.14. The van der Waals surface area contributed by atoms with E-state index in [1.807, 2.05) is 25.7 Å². The van der Waals surface area contributed by atoms with Crippen molar-refractivity contribution in [3.05, 3.63) is 35.1 Å². The molecule has 2 N–H and O–H groups in total. The Hall–Kier alpha value is -2.28. The second-order valence-corrected chi connectivity index (χ2v) is 10.2. The Morgan fingerprint density at radius 2 is 1.78 bits per heavy atom. The quantitative estimate of drug-likeness (QED) is 0.467. The second kappa shape index (κ2) is 13.9. The number of likely N-dealkylation sites (tertiary alicyclic amines) is 1. The molecule has 2 atom stereocenters. The number of nitrogens with zero attached hydrogens (tertiary/aromatic N) is 1. The van der Waals surface area contributed by atoms with Gasteiger partial charge in [0.25, 0.3) is 5.91 Å². The lowest BCUT2D eigenvalue weighted by atomic mass is 9.81. The normalized spacial score (nSPS) is 21.2. The maximum absolute atomic E-state index is 15.6. The summed E-state index contributed by atoms with van der Waals surface area (Å²) in [5.41, 5.74) is 0.470. The Balaban J connectivity index is 0.00000176. The first-order chi connectivity index (χ1) is 17.5. The summed E-state index contributed by atoms with van der Waals surface area (Å²) in [6.45, 7) is 7.29. The SMILES string of the molecule is CC.CCC(=O)[C@H](NC(=O)c1cccc(C2CCCN(C(=O)CNC3CC3)C2)c1F)C1CCCCC1.[HH].[HH]. The Bertz CT molecular complexity index is 907. The Morgan fingerprint density at radius 3 is 2.44 bits per heavy atom. The molecular formula is C29H48FN3O3. The van der Waals surface area contributed by atoms with Crippen molar-refractivity contribution in [1.82, 2.24) is 15.5 Å². The van der Waals surface area contributed by atoms with Crippen LogP contribution >= 0.6 is 0 Å². The lowest BCUT2D eigenvalue weighted by Crippen LogP contribution is -2.46. The lowest BCUT2D eigenvalue weighted by Gasteiger charge is -2.33. The fraction of sp³-hybridized carbons (Fsp3) is 0.690. The molecule has 0 spiro atoms. The number of halogens is 1. The molecule has 2 aliphatic carbocycles. The molecule has 1 heterocycles. The number of piperidine rings is 1. The zero-order valence-electron chi connectivity index (χ0n) is 22.3. The Kier molecular flexibility index (Phi) is 10.9. The highest BCUT2D eigenvalue weighted by Crippen LogP contribution is 2.31. The monoisotopic (exact) mass is 505 g/mol. The predicted molar refractivity (Wildman–Crippen MR) is 145 cm³/mol. The summed E-state index contributed by atoms with van der Waals surface area (Å²) >= 11 is 0. The van der Waals surface area contributed by atoms with Crippen molar-refractivity contribution in [2.45, 2.75) is 103 Å². The first kappa shape index (κ1) is 28.3. The van der Waals surface area contributed by atoms with Crippen LogP contribution in [0.3, 0.4) is 0 Å². The van der Waals surface area contributed by atoms with Crippen LogP contribution in [-0.4, -0.2) is 54.2 Å². The van der Waals surface area contributed by atoms with Crippen LogP contribution in [0.5, 0.6) is 0 Å². The minimum Gasteiger partial charge on any atom is -0.342 e. The highest BCUT2D eigenvalue weighted by atomic mass is 19.1. The van der Waals surface area contributed by atoms with Gasteiger partial charge < -0.3 is 15.5 Å². The van der Waals surface area contributed by atoms with Crippen molar-refractivity contribution in [2.24, 2.45) is 5.92 Å². The molecule has 7 heteroatoms. The minimum atomic E-state index is -0.553. The van der Waals surface area contributed by atoms with E-state index < -0.39 is 17.8 Å². The number of hydrogen-bond acceptors (Lipinski definition) is 4. The number of Topliss-reactive ketones (excluding diaryl/α,β-unsaturated/α-hetero) is 1. The van der Waals surface area contributed by atoms with Gasteiger partial charge in [-0.1, -0.05) is 52.2 Å². The molecule has 36 heavy (non-hydrogen) atoms. The van der Waals surface area contributed by atoms with E-state index in [1.54, 1.807) is 12.1 Å². The van der Waals surface area contributed by atoms with E-state index in [4.69, 9.17) is 0 Å². The number of benzene rings is 1. The van der Waals surface area contributed by atoms with Gasteiger partial charge in [0, 0.05) is 34.3 Å². The van der Waals surface area contributed by atoms with Crippen LogP contribution in [-0.2, 0) is 9.59 Å². The summed E-state index contributed by atoms with van der Waals surface area (Å²) in [4.78, 5) is 40.2. The van der Waals surface area contributed by atoms with Gasteiger partial charge in [-0.3, -0.25) is 14.4 Å². The number of carbonyl (C=O) groups is 3. The summed E-state index contributed by atoms with van der Waals surface area (Å²) in [6, 6.07) is 4.84. The number of nitrogens with one attached hydrogen (secondary N) is 2. The molecule has 0 radical (unpaired) electrons. The van der Waals surface area contributed by atoms with E-state index in [9.17, 15) is 14.4 Å². The van der Waals surface area contributed by atoms with Crippen LogP contribution < -0.4 is 10.6 Å². The minimum absolute atomic E-state index is 0. The van der Waals surface area contributed by atoms with Crippen molar-refractivity contribution in [3.8, 4) is 0 Å². The van der Waals surface area contributed by atoms with Crippen LogP contribution in [0.1, 0.15) is 110 Å². The molecule has 1 aliphatic heterocycles. The molecule has 1 unspecified atom stereocenters. The topological polar surface area (TPSA) is 78.5 Å². The van der Waals surface area contributed by atoms with Gasteiger partial charge in [-0.05, 0) is 56.1 Å². The predicted octanol–water partition coefficient (Wildman–Crippen LogP) is 5.46. The van der Waals surface area contributed by atoms with E-state index in [1.165, 1.54) is 6.07 Å². The van der Waals surface area contributed by atoms with Crippen LogP contribution in [0.4, 0.5) is 4.39 Å². The third-order valence-electron chi connectivity index (χ3n) is 7.71. The Labute approximate surface area is 218 Å². The third kappa shape index (κ3) is 7.37. The Morgan fingerprint density at radius 1 is 1.06 bits per heavy atom. The molecule has 2 amide bonds. The lowest BCUT2D eigenvalue weighted by molar-refractivity contribution is -0.131. The number of hydrogen-bond donors (Lipinski definition) is 2. The van der Waals surface area contributed by atoms with Crippen LogP contribution in [0, 0.1) is 11.7 Å². The number of carbonyl (C=O) groups excluding carboxylic acids is 3. The smallest absolute Gasteiger partial charge is 0.254 e. The van der Waals surface area contributed by atoms with E-state index >= 15 is 4.39 Å². The largest absolute Gasteiger partial charge is 0.342 e. The van der Waals surface area contributed by atoms with Crippen LogP contribution in [0.2, 0.25) is 0 Å². The first-order valence-corrected chi connectivity index (χ1v) is 14.1. The van der Waals surface area contributed by atoms with Crippen molar-refractivity contribution >= 4 is 17.6 Å². The van der Waals surface area contributed by atoms with Crippen molar-refractivity contribution in [2.75, 3.05) is 19.6 Å². The molecule has 4 rings (SSSR count). The van der Waals surface area contributed by atoms with Gasteiger partial charge in [0.1, 0.15) is 5.82 Å². The van der Waals surface area contributed by atoms with Crippen molar-refractivity contribution in [3.63, 3.8) is 0 Å². The molecular weight excluding hydrogens is 457 g/mol. The zero-order chi connectivity index (χ0) is 26.1. The molecule has 1 aromatic rings. The molecule has 3 aliphatic rings. The van der Waals surface area contributed by atoms with Gasteiger partial charge in [-0.15, -0.1) is 0 Å². The van der Waals surface area contributed by atoms with Crippen LogP contribution in [0.15, 0.2) is 18.2 Å². The highest BCUT2D eigenvalue weighted by Gasteiger charge is 2.32. The number of ketones is 1. The van der Waals surface area contributed by atoms with Crippen molar-refractivity contribution in [1.29, 1.82) is 0 Å². The van der Waals surface area contributed by atoms with E-state index in [-0.39, 0.29) is 31.9 Å². The molecule has 0 aromatic heterocycles. The summed E-state index contributed by atoms with van der Waals surface area (Å²) in [7, 11) is 0. The molecule has 6 nitrogen and oxygen atoms in total. The molecule has 0 bridgehead atoms. The zero-order valence-corrected chi connectivity index (χ0v) is 22.3. The van der Waals surface area contributed by atoms with Gasteiger partial charge in [-0.2, -0.15) is 0 Å². The van der Waals surface area contributed by atoms with E-state index in [2.05, 4.69) is 10.6 Å². The maximum atomic E-state index is 15.6. The van der Waals surface area contributed by atoms with Gasteiger partial charge in [0.05, 0.1) is 18.2 Å². The average Bonchev–Trinajstić information content (AvgIpc) is 3.76. The van der Waals surface area contributed by atoms with Gasteiger partial charge >= 0.3 is 0 Å². The number of rotatable bonds is 9. The highest BCUT2D eigenvalue weighted by molar-refractivity contribution is 5.98. The van der Waals surface area contributed by atoms with Crippen molar-refractivity contribution < 1.29 is 21.6 Å². The molecule has 1 saturated heterocycles. The summed E-state index contributed by atoms with van der Waals surface area (Å²) < 4.78 is 15.6. The van der Waals surface area contributed by atoms with E-state index in [0.29, 0.717) is 37.7 Å². The van der Waals surface area contributed by atoms with E-state index in [0.717, 1.165) is 57.8 Å². The first-order valence-electron chi connectivity index (χ1n) is 14.1. The average molecular weight is 506 g/mol. The molecule has 2 saturated carbocycles. The molecule has 204 valence electrons. The van der Waals surface area contributed by atoms with Crippen LogP contribution in [0.25, 0.3) is 0 Å². The number of amides is 2. The molecule has 3 fully saturated rings. The maximum Gasteiger partial charge on any atom is 0.254 e. The fourth-order valence-electron chi connectivity index (χ4n) is 5.50. The second-order valence-electron chi connectivity index (χ2n) is 10.2. The third-order valence-corrected chi connectivity index (χ3v) is 7.71. The molecule has 1 aromatic carbocycles. The van der Waals surface area contributed by atoms with Gasteiger partial charge in [0.15, 0.2) is 5.78 Å². The van der Waals surface area contributed by atoms with Gasteiger partial charge in [-0.25, -0.2) is 4.39 Å². The van der Waals surface area contributed by atoms with Gasteiger partial charge in [0.2, 0.25) is 5.91 Å².